The van der Waals surface area contributed by atoms with E-state index in [1.165, 1.54) is 19.1 Å². The molecule has 0 saturated carbocycles. The molecule has 0 amide bonds. The van der Waals surface area contributed by atoms with Crippen LogP contribution in [0.4, 0.5) is 0 Å². The normalized spacial score (nSPS) is 15.9. The number of methoxy groups -OCH3 is 1. The number of fused-ring (bicyclic) bond motifs is 3. The lowest BCUT2D eigenvalue weighted by atomic mass is 9.79. The molecule has 0 unspecified atom stereocenters. The molecular formula is C22H18O7. The molecule has 1 aliphatic heterocycles. The highest BCUT2D eigenvalue weighted by Gasteiger charge is 2.39. The molecule has 148 valence electrons. The zero-order chi connectivity index (χ0) is 21.2. The Balaban J connectivity index is 2.00. The molecule has 7 heteroatoms. The largest absolute Gasteiger partial charge is 0.506 e. The predicted octanol–water partition coefficient (Wildman–Crippen LogP) is 3.15. The Morgan fingerprint density at radius 2 is 1.66 bits per heavy atom. The number of rotatable bonds is 1. The zero-order valence-electron chi connectivity index (χ0n) is 16.2. The Kier molecular flexibility index (Phi) is 3.84. The summed E-state index contributed by atoms with van der Waals surface area (Å²) in [4.78, 5) is 38.4. The highest BCUT2D eigenvalue weighted by Crippen LogP contribution is 2.45. The van der Waals surface area contributed by atoms with Gasteiger partial charge in [-0.25, -0.2) is 4.79 Å². The number of hydrogen-bond donors (Lipinski definition) is 2. The maximum Gasteiger partial charge on any atom is 0.341 e. The molecule has 4 rings (SSSR count). The van der Waals surface area contributed by atoms with Gasteiger partial charge in [-0.1, -0.05) is 0 Å². The maximum atomic E-state index is 13.2. The number of esters is 1. The third kappa shape index (κ3) is 2.54. The molecule has 2 aliphatic rings. The molecule has 1 heterocycles. The minimum Gasteiger partial charge on any atom is -0.506 e. The van der Waals surface area contributed by atoms with E-state index in [1.54, 1.807) is 12.2 Å². The Morgan fingerprint density at radius 3 is 2.31 bits per heavy atom. The van der Waals surface area contributed by atoms with E-state index in [-0.39, 0.29) is 39.1 Å². The third-order valence-corrected chi connectivity index (χ3v) is 5.16. The minimum atomic E-state index is -0.831. The van der Waals surface area contributed by atoms with Crippen LogP contribution in [0, 0.1) is 6.92 Å². The molecule has 0 aromatic heterocycles. The van der Waals surface area contributed by atoms with E-state index in [9.17, 15) is 24.6 Å². The fourth-order valence-electron chi connectivity index (χ4n) is 3.75. The number of phenols is 2. The Morgan fingerprint density at radius 1 is 1.03 bits per heavy atom. The quantitative estimate of drug-likeness (QED) is 0.610. The zero-order valence-corrected chi connectivity index (χ0v) is 16.2. The Bertz CT molecular complexity index is 1170. The smallest absolute Gasteiger partial charge is 0.341 e. The van der Waals surface area contributed by atoms with Crippen molar-refractivity contribution >= 4 is 23.6 Å². The average molecular weight is 394 g/mol. The van der Waals surface area contributed by atoms with Gasteiger partial charge in [-0.05, 0) is 50.6 Å². The van der Waals surface area contributed by atoms with Crippen LogP contribution in [-0.4, -0.2) is 40.5 Å². The summed E-state index contributed by atoms with van der Waals surface area (Å²) in [6, 6.07) is 2.80. The van der Waals surface area contributed by atoms with E-state index >= 15 is 0 Å². The monoisotopic (exact) mass is 394 g/mol. The number of carbonyl (C=O) groups is 3. The van der Waals surface area contributed by atoms with Gasteiger partial charge in [-0.3, -0.25) is 9.59 Å². The number of phenolic OH excluding ortho intramolecular Hbond substituents is 2. The Labute approximate surface area is 166 Å². The van der Waals surface area contributed by atoms with Gasteiger partial charge < -0.3 is 19.7 Å². The van der Waals surface area contributed by atoms with Gasteiger partial charge in [0.2, 0.25) is 5.78 Å². The molecular weight excluding hydrogens is 376 g/mol. The van der Waals surface area contributed by atoms with Gasteiger partial charge in [0.05, 0.1) is 23.8 Å². The van der Waals surface area contributed by atoms with Crippen molar-refractivity contribution in [2.75, 3.05) is 7.11 Å². The summed E-state index contributed by atoms with van der Waals surface area (Å²) >= 11 is 0. The van der Waals surface area contributed by atoms with E-state index in [0.29, 0.717) is 5.56 Å². The fraction of sp³-hybridized carbons (Fsp3) is 0.227. The second-order valence-corrected chi connectivity index (χ2v) is 7.59. The molecule has 0 spiro atoms. The molecule has 0 radical (unpaired) electrons. The number of ketones is 2. The minimum absolute atomic E-state index is 0.0190. The number of benzene rings is 2. The molecule has 0 fully saturated rings. The van der Waals surface area contributed by atoms with Crippen molar-refractivity contribution in [3.05, 3.63) is 57.2 Å². The van der Waals surface area contributed by atoms with Crippen molar-refractivity contribution in [3.8, 4) is 17.2 Å². The number of hydrogen-bond acceptors (Lipinski definition) is 7. The fourth-order valence-corrected chi connectivity index (χ4v) is 3.75. The summed E-state index contributed by atoms with van der Waals surface area (Å²) in [6.45, 7) is 5.17. The van der Waals surface area contributed by atoms with E-state index in [1.807, 2.05) is 13.8 Å². The van der Waals surface area contributed by atoms with Crippen LogP contribution in [0.1, 0.15) is 67.2 Å². The predicted molar refractivity (Wildman–Crippen MR) is 103 cm³/mol. The Hall–Kier alpha value is -3.61. The first-order valence-corrected chi connectivity index (χ1v) is 8.90. The summed E-state index contributed by atoms with van der Waals surface area (Å²) in [6.07, 6.45) is 3.34. The van der Waals surface area contributed by atoms with Crippen LogP contribution in [0.25, 0.3) is 6.08 Å². The van der Waals surface area contributed by atoms with Crippen LogP contribution in [0.2, 0.25) is 0 Å². The highest BCUT2D eigenvalue weighted by molar-refractivity contribution is 6.31. The number of aryl methyl sites for hydroxylation is 1. The van der Waals surface area contributed by atoms with Crippen LogP contribution in [-0.2, 0) is 4.74 Å². The van der Waals surface area contributed by atoms with Crippen molar-refractivity contribution < 1.29 is 34.1 Å². The third-order valence-electron chi connectivity index (χ3n) is 5.16. The lowest BCUT2D eigenvalue weighted by molar-refractivity contribution is 0.0596. The first kappa shape index (κ1) is 18.7. The SMILES string of the molecule is COC(=O)c1c(C)cc2c(c1O)C(=O)c1c(cc3c(c1O)C=CC(C)(C)O3)C2=O. The van der Waals surface area contributed by atoms with Gasteiger partial charge in [-0.15, -0.1) is 0 Å². The van der Waals surface area contributed by atoms with Crippen molar-refractivity contribution in [2.45, 2.75) is 26.4 Å². The van der Waals surface area contributed by atoms with Crippen molar-refractivity contribution in [3.63, 3.8) is 0 Å². The van der Waals surface area contributed by atoms with Gasteiger partial charge in [0.25, 0.3) is 0 Å². The first-order chi connectivity index (χ1) is 13.6. The van der Waals surface area contributed by atoms with Gasteiger partial charge in [0.15, 0.2) is 5.78 Å². The summed E-state index contributed by atoms with van der Waals surface area (Å²) in [5, 5.41) is 21.4. The second-order valence-electron chi connectivity index (χ2n) is 7.59. The lowest BCUT2D eigenvalue weighted by Crippen LogP contribution is -2.29. The van der Waals surface area contributed by atoms with Gasteiger partial charge in [0, 0.05) is 11.1 Å². The van der Waals surface area contributed by atoms with E-state index in [2.05, 4.69) is 4.74 Å². The van der Waals surface area contributed by atoms with Crippen LogP contribution in [0.3, 0.4) is 0 Å². The molecule has 2 N–H and O–H groups in total. The van der Waals surface area contributed by atoms with Gasteiger partial charge in [0.1, 0.15) is 28.4 Å². The molecule has 29 heavy (non-hydrogen) atoms. The lowest BCUT2D eigenvalue weighted by Gasteiger charge is -2.30. The molecule has 1 aliphatic carbocycles. The molecule has 0 saturated heterocycles. The maximum absolute atomic E-state index is 13.2. The molecule has 0 bridgehead atoms. The number of carbonyl (C=O) groups excluding carboxylic acids is 3. The summed E-state index contributed by atoms with van der Waals surface area (Å²) in [7, 11) is 1.15. The van der Waals surface area contributed by atoms with Crippen LogP contribution in [0.15, 0.2) is 18.2 Å². The summed E-state index contributed by atoms with van der Waals surface area (Å²) in [5.41, 5.74) is -0.901. The molecule has 2 aromatic carbocycles. The average Bonchev–Trinajstić information content (AvgIpc) is 2.64. The topological polar surface area (TPSA) is 110 Å². The summed E-state index contributed by atoms with van der Waals surface area (Å²) < 4.78 is 10.5. The van der Waals surface area contributed by atoms with Crippen molar-refractivity contribution in [2.24, 2.45) is 0 Å². The van der Waals surface area contributed by atoms with Gasteiger partial charge in [-0.2, -0.15) is 0 Å². The van der Waals surface area contributed by atoms with Crippen LogP contribution < -0.4 is 4.74 Å². The van der Waals surface area contributed by atoms with Crippen LogP contribution >= 0.6 is 0 Å². The summed E-state index contributed by atoms with van der Waals surface area (Å²) in [5.74, 6) is -2.91. The standard InChI is InChI=1S/C22H18O7/c1-9-7-11-16(19(25)14(9)21(27)28-4)20(26)15-12(17(11)23)8-13-10(18(15)24)5-6-22(2,3)29-13/h5-8,24-25H,1-4H3. The number of aromatic hydroxyl groups is 2. The molecule has 2 aromatic rings. The first-order valence-electron chi connectivity index (χ1n) is 8.90. The van der Waals surface area contributed by atoms with Crippen LogP contribution in [0.5, 0.6) is 17.2 Å². The highest BCUT2D eigenvalue weighted by atomic mass is 16.5. The van der Waals surface area contributed by atoms with Crippen molar-refractivity contribution in [1.29, 1.82) is 0 Å². The van der Waals surface area contributed by atoms with E-state index < -0.39 is 34.6 Å². The molecule has 7 nitrogen and oxygen atoms in total. The molecule has 0 atom stereocenters. The number of ether oxygens (including phenoxy) is 2. The van der Waals surface area contributed by atoms with E-state index in [4.69, 9.17) is 4.74 Å². The second kappa shape index (κ2) is 5.94. The van der Waals surface area contributed by atoms with Crippen molar-refractivity contribution in [1.82, 2.24) is 0 Å². The van der Waals surface area contributed by atoms with E-state index in [0.717, 1.165) is 7.11 Å². The van der Waals surface area contributed by atoms with Gasteiger partial charge >= 0.3 is 5.97 Å².